The first kappa shape index (κ1) is 9.20. The number of nitrogens with zero attached hydrogens (tertiary/aromatic N) is 1. The van der Waals surface area contributed by atoms with E-state index < -0.39 is 0 Å². The van der Waals surface area contributed by atoms with Gasteiger partial charge in [0, 0.05) is 18.4 Å². The Balaban J connectivity index is 2.82. The van der Waals surface area contributed by atoms with E-state index in [9.17, 15) is 0 Å². The minimum absolute atomic E-state index is 0.234. The highest BCUT2D eigenvalue weighted by Crippen LogP contribution is 2.09. The van der Waals surface area contributed by atoms with Crippen LogP contribution in [0.4, 0.5) is 0 Å². The quantitative estimate of drug-likeness (QED) is 0.736. The molecule has 0 aliphatic carbocycles. The summed E-state index contributed by atoms with van der Waals surface area (Å²) in [4.78, 5) is 4.08. The summed E-state index contributed by atoms with van der Waals surface area (Å²) in [5.74, 6) is 0. The van der Waals surface area contributed by atoms with Gasteiger partial charge in [0.25, 0.3) is 0 Å². The molecule has 0 bridgehead atoms. The number of aryl methyl sites for hydroxylation is 1. The third-order valence-corrected chi connectivity index (χ3v) is 1.93. The molecular weight excluding hydrogens is 148 g/mol. The molecule has 0 saturated carbocycles. The molecule has 2 nitrogen and oxygen atoms in total. The molecule has 0 radical (unpaired) electrons. The van der Waals surface area contributed by atoms with Crippen molar-refractivity contribution in [1.29, 1.82) is 0 Å². The maximum Gasteiger partial charge on any atom is 0.0302 e. The van der Waals surface area contributed by atoms with Crippen molar-refractivity contribution in [2.45, 2.75) is 32.7 Å². The Kier molecular flexibility index (Phi) is 3.23. The Bertz CT molecular complexity index is 243. The van der Waals surface area contributed by atoms with Gasteiger partial charge in [-0.1, -0.05) is 6.92 Å². The minimum atomic E-state index is 0.234. The fourth-order valence-electron chi connectivity index (χ4n) is 1.32. The monoisotopic (exact) mass is 164 g/mol. The predicted octanol–water partition coefficient (Wildman–Crippen LogP) is 1.53. The second-order valence-corrected chi connectivity index (χ2v) is 3.18. The fourth-order valence-corrected chi connectivity index (χ4v) is 1.32. The topological polar surface area (TPSA) is 38.9 Å². The van der Waals surface area contributed by atoms with E-state index in [-0.39, 0.29) is 6.04 Å². The van der Waals surface area contributed by atoms with Crippen LogP contribution in [0.15, 0.2) is 18.5 Å². The van der Waals surface area contributed by atoms with Gasteiger partial charge in [-0.2, -0.15) is 0 Å². The molecule has 0 amide bonds. The van der Waals surface area contributed by atoms with E-state index in [2.05, 4.69) is 18.0 Å². The van der Waals surface area contributed by atoms with E-state index in [0.29, 0.717) is 0 Å². The Hall–Kier alpha value is -0.890. The zero-order valence-corrected chi connectivity index (χ0v) is 7.75. The second kappa shape index (κ2) is 4.21. The Morgan fingerprint density at radius 2 is 2.25 bits per heavy atom. The smallest absolute Gasteiger partial charge is 0.0302 e. The van der Waals surface area contributed by atoms with Crippen LogP contribution in [-0.4, -0.2) is 11.0 Å². The van der Waals surface area contributed by atoms with E-state index in [1.807, 2.05) is 19.3 Å². The number of aromatic nitrogens is 1. The molecule has 1 atom stereocenters. The maximum atomic E-state index is 5.73. The summed E-state index contributed by atoms with van der Waals surface area (Å²) in [7, 11) is 0. The summed E-state index contributed by atoms with van der Waals surface area (Å²) in [5, 5.41) is 0. The molecule has 0 saturated heterocycles. The largest absolute Gasteiger partial charge is 0.328 e. The van der Waals surface area contributed by atoms with Crippen LogP contribution in [-0.2, 0) is 12.8 Å². The summed E-state index contributed by atoms with van der Waals surface area (Å²) in [5.41, 5.74) is 8.38. The lowest BCUT2D eigenvalue weighted by atomic mass is 10.0. The normalized spacial score (nSPS) is 12.9. The number of hydrogen-bond donors (Lipinski definition) is 1. The lowest BCUT2D eigenvalue weighted by Crippen LogP contribution is -2.18. The van der Waals surface area contributed by atoms with E-state index in [4.69, 9.17) is 5.73 Å². The van der Waals surface area contributed by atoms with Gasteiger partial charge < -0.3 is 5.73 Å². The predicted molar refractivity (Wildman–Crippen MR) is 51.0 cm³/mol. The number of rotatable bonds is 3. The van der Waals surface area contributed by atoms with Gasteiger partial charge in [0.15, 0.2) is 0 Å². The van der Waals surface area contributed by atoms with Gasteiger partial charge in [-0.05, 0) is 37.0 Å². The van der Waals surface area contributed by atoms with Crippen LogP contribution < -0.4 is 5.73 Å². The van der Waals surface area contributed by atoms with Crippen LogP contribution in [0.1, 0.15) is 25.0 Å². The van der Waals surface area contributed by atoms with Crippen molar-refractivity contribution in [3.8, 4) is 0 Å². The van der Waals surface area contributed by atoms with Crippen molar-refractivity contribution < 1.29 is 0 Å². The SMILES string of the molecule is CCc1cnccc1CC(C)N. The van der Waals surface area contributed by atoms with Crippen molar-refractivity contribution in [3.05, 3.63) is 29.6 Å². The molecule has 0 spiro atoms. The number of pyridine rings is 1. The zero-order chi connectivity index (χ0) is 8.97. The highest BCUT2D eigenvalue weighted by Gasteiger charge is 2.02. The molecule has 2 heteroatoms. The average Bonchev–Trinajstić information content (AvgIpc) is 2.04. The molecule has 1 aromatic rings. The van der Waals surface area contributed by atoms with Crippen LogP contribution >= 0.6 is 0 Å². The highest BCUT2D eigenvalue weighted by molar-refractivity contribution is 5.23. The Labute approximate surface area is 73.8 Å². The summed E-state index contributed by atoms with van der Waals surface area (Å²) >= 11 is 0. The van der Waals surface area contributed by atoms with Gasteiger partial charge in [0.2, 0.25) is 0 Å². The van der Waals surface area contributed by atoms with Crippen molar-refractivity contribution >= 4 is 0 Å². The van der Waals surface area contributed by atoms with E-state index >= 15 is 0 Å². The fraction of sp³-hybridized carbons (Fsp3) is 0.500. The zero-order valence-electron chi connectivity index (χ0n) is 7.75. The lowest BCUT2D eigenvalue weighted by molar-refractivity contribution is 0.730. The molecule has 0 aromatic carbocycles. The van der Waals surface area contributed by atoms with Crippen molar-refractivity contribution in [1.82, 2.24) is 4.98 Å². The lowest BCUT2D eigenvalue weighted by Gasteiger charge is -2.08. The second-order valence-electron chi connectivity index (χ2n) is 3.18. The summed E-state index contributed by atoms with van der Waals surface area (Å²) in [6.45, 7) is 4.17. The minimum Gasteiger partial charge on any atom is -0.328 e. The first-order chi connectivity index (χ1) is 5.74. The first-order valence-corrected chi connectivity index (χ1v) is 4.41. The van der Waals surface area contributed by atoms with Crippen molar-refractivity contribution in [2.24, 2.45) is 5.73 Å². The number of hydrogen-bond acceptors (Lipinski definition) is 2. The van der Waals surface area contributed by atoms with Gasteiger partial charge in [-0.15, -0.1) is 0 Å². The molecule has 1 rings (SSSR count). The maximum absolute atomic E-state index is 5.73. The van der Waals surface area contributed by atoms with E-state index in [0.717, 1.165) is 12.8 Å². The number of nitrogens with two attached hydrogens (primary N) is 1. The molecule has 0 aliphatic rings. The summed E-state index contributed by atoms with van der Waals surface area (Å²) in [6.07, 6.45) is 5.75. The van der Waals surface area contributed by atoms with Gasteiger partial charge >= 0.3 is 0 Å². The highest BCUT2D eigenvalue weighted by atomic mass is 14.6. The Morgan fingerprint density at radius 3 is 2.83 bits per heavy atom. The summed E-state index contributed by atoms with van der Waals surface area (Å²) < 4.78 is 0. The van der Waals surface area contributed by atoms with Gasteiger partial charge in [0.1, 0.15) is 0 Å². The first-order valence-electron chi connectivity index (χ1n) is 4.41. The van der Waals surface area contributed by atoms with Gasteiger partial charge in [-0.25, -0.2) is 0 Å². The molecule has 66 valence electrons. The molecule has 1 aromatic heterocycles. The molecule has 2 N–H and O–H groups in total. The molecule has 12 heavy (non-hydrogen) atoms. The van der Waals surface area contributed by atoms with E-state index in [1.54, 1.807) is 0 Å². The van der Waals surface area contributed by atoms with Crippen LogP contribution in [0.5, 0.6) is 0 Å². The average molecular weight is 164 g/mol. The third kappa shape index (κ3) is 2.31. The standard InChI is InChI=1S/C10H16N2/c1-3-9-7-12-5-4-10(9)6-8(2)11/h4-5,7-8H,3,6,11H2,1-2H3. The Morgan fingerprint density at radius 1 is 1.50 bits per heavy atom. The van der Waals surface area contributed by atoms with Gasteiger partial charge in [0.05, 0.1) is 0 Å². The molecule has 0 fully saturated rings. The van der Waals surface area contributed by atoms with Crippen LogP contribution in [0.2, 0.25) is 0 Å². The third-order valence-electron chi connectivity index (χ3n) is 1.93. The summed E-state index contributed by atoms with van der Waals surface area (Å²) in [6, 6.07) is 2.29. The van der Waals surface area contributed by atoms with Crippen LogP contribution in [0.3, 0.4) is 0 Å². The molecular formula is C10H16N2. The molecule has 0 aliphatic heterocycles. The van der Waals surface area contributed by atoms with Gasteiger partial charge in [-0.3, -0.25) is 4.98 Å². The van der Waals surface area contributed by atoms with Crippen LogP contribution in [0.25, 0.3) is 0 Å². The van der Waals surface area contributed by atoms with E-state index in [1.165, 1.54) is 11.1 Å². The van der Waals surface area contributed by atoms with Crippen molar-refractivity contribution in [2.75, 3.05) is 0 Å². The van der Waals surface area contributed by atoms with Crippen LogP contribution in [0, 0.1) is 0 Å². The molecule has 1 unspecified atom stereocenters. The van der Waals surface area contributed by atoms with Crippen molar-refractivity contribution in [3.63, 3.8) is 0 Å². The molecule has 1 heterocycles.